The molecule has 52 heavy (non-hydrogen) atoms. The molecule has 0 aromatic rings. The van der Waals surface area contributed by atoms with Crippen LogP contribution >= 0.6 is 0 Å². The molecule has 0 aliphatic heterocycles. The van der Waals surface area contributed by atoms with E-state index in [-0.39, 0.29) is 18.9 Å². The maximum Gasteiger partial charge on any atom is 0.335 e. The number of ether oxygens (including phenoxy) is 4. The highest BCUT2D eigenvalue weighted by Crippen LogP contribution is 2.10. The lowest BCUT2D eigenvalue weighted by atomic mass is 10.0. The zero-order valence-electron chi connectivity index (χ0n) is 28.2. The standard InChI is InChI=1S/C10H16O9.C10H16O8.C5H10O5.C3H6O2/c11-3-5(13)9(17)10(18)6(4-12)19-8(16)2-1-7(14)15;1-5(13)10(16)18-8(4-12)9(7(15)3-11)17-6(2)14;6-1-3(8)5(10)4(9)2-7;1-2-5-3-4/h4-6,9-11,13,17-18H,1-3H2,(H,14,15);4-5,7-9,11,13,15H,3H2,1-2H3;1,3-5,7-10H,2H2;3H,2H2,1H3/t5-,6+,9-,10-;5?,7-,8-,9-;3-,4+,5+;/m110./s1. The number of rotatable bonds is 22. The third-order valence-corrected chi connectivity index (χ3v) is 5.44. The Morgan fingerprint density at radius 3 is 1.44 bits per heavy atom. The smallest absolute Gasteiger partial charge is 0.335 e. The molecule has 1 unspecified atom stereocenters. The summed E-state index contributed by atoms with van der Waals surface area (Å²) in [6.45, 7) is 2.46. The highest BCUT2D eigenvalue weighted by atomic mass is 16.6. The number of aliphatic hydroxyl groups is 11. The Bertz CT molecular complexity index is 1020. The third-order valence-electron chi connectivity index (χ3n) is 5.44. The molecule has 12 N–H and O–H groups in total. The van der Waals surface area contributed by atoms with E-state index < -0.39 is 124 Å². The van der Waals surface area contributed by atoms with Gasteiger partial charge in [0.15, 0.2) is 37.2 Å². The lowest BCUT2D eigenvalue weighted by molar-refractivity contribution is -0.181. The minimum absolute atomic E-state index is 0.0245. The second-order valence-corrected chi connectivity index (χ2v) is 9.67. The minimum atomic E-state index is -1.94. The zero-order valence-corrected chi connectivity index (χ0v) is 28.2. The van der Waals surface area contributed by atoms with Gasteiger partial charge in [-0.3, -0.25) is 28.8 Å². The van der Waals surface area contributed by atoms with E-state index >= 15 is 0 Å². The Hall–Kier alpha value is -4.08. The third kappa shape index (κ3) is 26.7. The summed E-state index contributed by atoms with van der Waals surface area (Å²) in [6, 6.07) is 0. The lowest BCUT2D eigenvalue weighted by Gasteiger charge is -2.26. The van der Waals surface area contributed by atoms with Crippen LogP contribution in [0.25, 0.3) is 0 Å². The van der Waals surface area contributed by atoms with Crippen LogP contribution in [-0.4, -0.2) is 204 Å². The summed E-state index contributed by atoms with van der Waals surface area (Å²) in [7, 11) is 0. The molecule has 0 radical (unpaired) electrons. The van der Waals surface area contributed by atoms with Crippen molar-refractivity contribution < 1.29 is 119 Å². The van der Waals surface area contributed by atoms with Gasteiger partial charge in [-0.2, -0.15) is 0 Å². The number of carbonyl (C=O) groups is 8. The Kier molecular flexibility index (Phi) is 34.5. The van der Waals surface area contributed by atoms with E-state index in [0.717, 1.165) is 13.8 Å². The molecule has 0 aliphatic carbocycles. The summed E-state index contributed by atoms with van der Waals surface area (Å²) in [4.78, 5) is 83.6. The first-order valence-electron chi connectivity index (χ1n) is 14.7. The Morgan fingerprint density at radius 1 is 0.635 bits per heavy atom. The van der Waals surface area contributed by atoms with Gasteiger partial charge in [-0.1, -0.05) is 0 Å². The second-order valence-electron chi connectivity index (χ2n) is 9.67. The van der Waals surface area contributed by atoms with Crippen molar-refractivity contribution in [2.45, 2.75) is 101 Å². The number of aldehydes is 3. The molecule has 11 atom stereocenters. The van der Waals surface area contributed by atoms with Crippen molar-refractivity contribution in [2.75, 3.05) is 26.4 Å². The fraction of sp³-hybridized carbons (Fsp3) is 0.714. The summed E-state index contributed by atoms with van der Waals surface area (Å²) >= 11 is 0. The number of aliphatic carboxylic acids is 1. The van der Waals surface area contributed by atoms with Crippen molar-refractivity contribution in [2.24, 2.45) is 0 Å². The minimum Gasteiger partial charge on any atom is -0.481 e. The molecule has 0 fully saturated rings. The van der Waals surface area contributed by atoms with Crippen LogP contribution < -0.4 is 0 Å². The molecule has 304 valence electrons. The molecule has 0 rings (SSSR count). The first-order valence-corrected chi connectivity index (χ1v) is 14.7. The number of carbonyl (C=O) groups excluding carboxylic acids is 7. The van der Waals surface area contributed by atoms with Crippen molar-refractivity contribution >= 4 is 49.2 Å². The van der Waals surface area contributed by atoms with Crippen molar-refractivity contribution in [1.82, 2.24) is 0 Å². The van der Waals surface area contributed by atoms with E-state index in [1.165, 1.54) is 0 Å². The van der Waals surface area contributed by atoms with Crippen LogP contribution in [0.15, 0.2) is 0 Å². The van der Waals surface area contributed by atoms with Crippen molar-refractivity contribution in [1.29, 1.82) is 0 Å². The van der Waals surface area contributed by atoms with Crippen LogP contribution in [0.2, 0.25) is 0 Å². The number of esters is 3. The van der Waals surface area contributed by atoms with Crippen LogP contribution in [0, 0.1) is 0 Å². The van der Waals surface area contributed by atoms with Crippen molar-refractivity contribution in [3.63, 3.8) is 0 Å². The van der Waals surface area contributed by atoms with Gasteiger partial charge in [-0.15, -0.1) is 0 Å². The number of carboxylic acids is 1. The second kappa shape index (κ2) is 32.8. The first kappa shape index (κ1) is 54.7. The Morgan fingerprint density at radius 2 is 1.12 bits per heavy atom. The molecule has 0 saturated heterocycles. The average molecular weight is 769 g/mol. The van der Waals surface area contributed by atoms with Gasteiger partial charge in [-0.25, -0.2) is 4.79 Å². The summed E-state index contributed by atoms with van der Waals surface area (Å²) in [6.07, 6.45) is -19.0. The van der Waals surface area contributed by atoms with Crippen molar-refractivity contribution in [3.8, 4) is 0 Å². The average Bonchev–Trinajstić information content (AvgIpc) is 3.12. The van der Waals surface area contributed by atoms with E-state index in [4.69, 9.17) is 46.0 Å². The normalized spacial score (nSPS) is 16.6. The molecule has 0 aliphatic rings. The Labute approximate surface area is 295 Å². The fourth-order valence-corrected chi connectivity index (χ4v) is 2.68. The number of carboxylic acid groups (broad SMARTS) is 1. The van der Waals surface area contributed by atoms with Gasteiger partial charge in [0.1, 0.15) is 48.8 Å². The molecule has 0 spiro atoms. The number of hydrogen-bond acceptors (Lipinski definition) is 23. The fourth-order valence-electron chi connectivity index (χ4n) is 2.68. The SMILES string of the molecule is CC(=O)O[C@H]([C@H](O)CO)[C@@H](C=O)OC(=O)C(C)O.CCOC=O.O=C[C@H](O)[C@@H](O)[C@H](O)CO.O=C[C@H](OC(=O)CCC(=O)O)[C@@H](O)[C@H](O)[C@H](O)CO. The molecule has 0 aromatic carbocycles. The molecule has 24 nitrogen and oxygen atoms in total. The van der Waals surface area contributed by atoms with E-state index in [2.05, 4.69) is 18.9 Å². The van der Waals surface area contributed by atoms with E-state index in [1.54, 1.807) is 6.92 Å². The van der Waals surface area contributed by atoms with Gasteiger partial charge >= 0.3 is 23.9 Å². The zero-order chi connectivity index (χ0) is 41.6. The summed E-state index contributed by atoms with van der Waals surface area (Å²) in [5, 5.41) is 106. The van der Waals surface area contributed by atoms with Gasteiger partial charge in [0, 0.05) is 6.92 Å². The van der Waals surface area contributed by atoms with Crippen LogP contribution in [0.5, 0.6) is 0 Å². The molecular weight excluding hydrogens is 720 g/mol. The summed E-state index contributed by atoms with van der Waals surface area (Å²) < 4.78 is 17.7. The van der Waals surface area contributed by atoms with E-state index in [9.17, 15) is 53.7 Å². The summed E-state index contributed by atoms with van der Waals surface area (Å²) in [5.41, 5.74) is 0. The number of hydrogen-bond donors (Lipinski definition) is 12. The van der Waals surface area contributed by atoms with E-state index in [1.807, 2.05) is 0 Å². The largest absolute Gasteiger partial charge is 0.481 e. The van der Waals surface area contributed by atoms with Crippen LogP contribution in [0.4, 0.5) is 0 Å². The van der Waals surface area contributed by atoms with Gasteiger partial charge in [0.25, 0.3) is 6.47 Å². The maximum absolute atomic E-state index is 11.1. The molecule has 0 saturated carbocycles. The predicted molar refractivity (Wildman–Crippen MR) is 163 cm³/mol. The summed E-state index contributed by atoms with van der Waals surface area (Å²) in [5.74, 6) is -4.23. The van der Waals surface area contributed by atoms with Crippen LogP contribution in [0.1, 0.15) is 33.6 Å². The van der Waals surface area contributed by atoms with Crippen LogP contribution in [-0.2, 0) is 57.3 Å². The molecule has 0 bridgehead atoms. The topological polar surface area (TPSA) is 416 Å². The molecule has 24 heteroatoms. The maximum atomic E-state index is 11.1. The quantitative estimate of drug-likeness (QED) is 0.0276. The van der Waals surface area contributed by atoms with Gasteiger partial charge in [0.2, 0.25) is 0 Å². The first-order chi connectivity index (χ1) is 24.2. The Balaban J connectivity index is -0.000000323. The molecular formula is C28H48O24. The monoisotopic (exact) mass is 768 g/mol. The molecule has 0 amide bonds. The van der Waals surface area contributed by atoms with Gasteiger partial charge in [-0.05, 0) is 13.8 Å². The van der Waals surface area contributed by atoms with Crippen molar-refractivity contribution in [3.05, 3.63) is 0 Å². The highest BCUT2D eigenvalue weighted by Gasteiger charge is 2.35. The van der Waals surface area contributed by atoms with Crippen LogP contribution in [0.3, 0.4) is 0 Å². The molecule has 0 aromatic heterocycles. The van der Waals surface area contributed by atoms with Gasteiger partial charge in [0.05, 0.1) is 39.3 Å². The highest BCUT2D eigenvalue weighted by molar-refractivity contribution is 5.78. The molecule has 0 heterocycles. The lowest BCUT2D eigenvalue weighted by Crippen LogP contribution is -2.48. The van der Waals surface area contributed by atoms with Gasteiger partial charge < -0.3 is 85.0 Å². The number of aliphatic hydroxyl groups excluding tert-OH is 11. The predicted octanol–water partition coefficient (Wildman–Crippen LogP) is -7.76. The van der Waals surface area contributed by atoms with E-state index in [0.29, 0.717) is 13.1 Å².